The number of ether oxygens (including phenoxy) is 1. The maximum Gasteiger partial charge on any atom is 0.338 e. The van der Waals surface area contributed by atoms with E-state index in [1.165, 1.54) is 38.2 Å². The van der Waals surface area contributed by atoms with Crippen molar-refractivity contribution >= 4 is 27.6 Å². The summed E-state index contributed by atoms with van der Waals surface area (Å²) in [5.74, 6) is -1.27. The second kappa shape index (κ2) is 8.11. The lowest BCUT2D eigenvalue weighted by atomic mass is 10.2. The molecule has 0 bridgehead atoms. The van der Waals surface area contributed by atoms with Crippen molar-refractivity contribution in [3.05, 3.63) is 59.7 Å². The quantitative estimate of drug-likeness (QED) is 0.752. The van der Waals surface area contributed by atoms with Crippen molar-refractivity contribution < 1.29 is 22.7 Å². The molecule has 2 aromatic carbocycles. The van der Waals surface area contributed by atoms with Crippen LogP contribution in [0.25, 0.3) is 0 Å². The highest BCUT2D eigenvalue weighted by Crippen LogP contribution is 2.14. The highest BCUT2D eigenvalue weighted by atomic mass is 32.2. The van der Waals surface area contributed by atoms with Crippen LogP contribution in [0.4, 0.5) is 5.69 Å². The molecule has 1 atom stereocenters. The summed E-state index contributed by atoms with van der Waals surface area (Å²) >= 11 is 0. The van der Waals surface area contributed by atoms with Gasteiger partial charge < -0.3 is 10.1 Å². The Bertz CT molecular complexity index is 925. The average Bonchev–Trinajstić information content (AvgIpc) is 2.61. The molecule has 0 radical (unpaired) electrons. The van der Waals surface area contributed by atoms with E-state index in [9.17, 15) is 18.0 Å². The van der Waals surface area contributed by atoms with Crippen molar-refractivity contribution in [3.8, 4) is 0 Å². The molecule has 0 unspecified atom stereocenters. The van der Waals surface area contributed by atoms with Crippen LogP contribution in [0, 0.1) is 6.92 Å². The fourth-order valence-electron chi connectivity index (χ4n) is 2.16. The van der Waals surface area contributed by atoms with Gasteiger partial charge >= 0.3 is 5.97 Å². The van der Waals surface area contributed by atoms with E-state index in [1.807, 2.05) is 13.0 Å². The first kappa shape index (κ1) is 19.6. The first-order valence-electron chi connectivity index (χ1n) is 7.85. The number of aryl methyl sites for hydroxylation is 1. The zero-order valence-electron chi connectivity index (χ0n) is 14.6. The second-order valence-electron chi connectivity index (χ2n) is 5.64. The summed E-state index contributed by atoms with van der Waals surface area (Å²) < 4.78 is 30.9. The van der Waals surface area contributed by atoms with Gasteiger partial charge in [0.05, 0.1) is 10.5 Å². The van der Waals surface area contributed by atoms with Crippen LogP contribution in [0.15, 0.2) is 53.4 Å². The summed E-state index contributed by atoms with van der Waals surface area (Å²) in [6, 6.07) is 12.6. The third-order valence-electron chi connectivity index (χ3n) is 3.59. The summed E-state index contributed by atoms with van der Waals surface area (Å²) in [4.78, 5) is 24.3. The van der Waals surface area contributed by atoms with Crippen molar-refractivity contribution in [2.75, 3.05) is 12.4 Å². The monoisotopic (exact) mass is 376 g/mol. The predicted octanol–water partition coefficient (Wildman–Crippen LogP) is 2.09. The van der Waals surface area contributed by atoms with Gasteiger partial charge in [-0.05, 0) is 56.8 Å². The lowest BCUT2D eigenvalue weighted by molar-refractivity contribution is -0.123. The number of benzene rings is 2. The minimum Gasteiger partial charge on any atom is -0.449 e. The lowest BCUT2D eigenvalue weighted by Gasteiger charge is -2.14. The van der Waals surface area contributed by atoms with E-state index in [0.717, 1.165) is 5.56 Å². The SMILES string of the molecule is CNS(=O)(=O)c1cccc(C(=O)O[C@H](C)C(=O)Nc2cccc(C)c2)c1. The number of sulfonamides is 1. The molecule has 2 rings (SSSR count). The van der Waals surface area contributed by atoms with E-state index in [1.54, 1.807) is 18.2 Å². The van der Waals surface area contributed by atoms with Crippen LogP contribution in [0.1, 0.15) is 22.8 Å². The van der Waals surface area contributed by atoms with Gasteiger partial charge in [-0.25, -0.2) is 17.9 Å². The number of carbonyl (C=O) groups is 2. The Kier molecular flexibility index (Phi) is 6.12. The minimum atomic E-state index is -3.68. The van der Waals surface area contributed by atoms with Crippen LogP contribution < -0.4 is 10.0 Å². The van der Waals surface area contributed by atoms with Crippen LogP contribution >= 0.6 is 0 Å². The molecular formula is C18H20N2O5S. The van der Waals surface area contributed by atoms with Crippen molar-refractivity contribution in [2.24, 2.45) is 0 Å². The van der Waals surface area contributed by atoms with E-state index in [-0.39, 0.29) is 10.5 Å². The largest absolute Gasteiger partial charge is 0.449 e. The summed E-state index contributed by atoms with van der Waals surface area (Å²) in [6.45, 7) is 3.34. The topological polar surface area (TPSA) is 102 Å². The molecule has 2 aromatic rings. The number of hydrogen-bond donors (Lipinski definition) is 2. The van der Waals surface area contributed by atoms with E-state index in [2.05, 4.69) is 10.0 Å². The van der Waals surface area contributed by atoms with Gasteiger partial charge in [0.2, 0.25) is 10.0 Å². The van der Waals surface area contributed by atoms with Gasteiger partial charge in [-0.1, -0.05) is 18.2 Å². The lowest BCUT2D eigenvalue weighted by Crippen LogP contribution is -2.30. The number of rotatable bonds is 6. The smallest absolute Gasteiger partial charge is 0.338 e. The molecule has 0 saturated carbocycles. The van der Waals surface area contributed by atoms with Gasteiger partial charge in [-0.3, -0.25) is 4.79 Å². The van der Waals surface area contributed by atoms with Gasteiger partial charge in [0, 0.05) is 5.69 Å². The zero-order valence-corrected chi connectivity index (χ0v) is 15.5. The number of esters is 1. The molecule has 0 spiro atoms. The fraction of sp³-hybridized carbons (Fsp3) is 0.222. The van der Waals surface area contributed by atoms with E-state index in [4.69, 9.17) is 4.74 Å². The molecule has 0 aliphatic rings. The Labute approximate surface area is 152 Å². The molecule has 0 fully saturated rings. The Morgan fingerprint density at radius 1 is 1.08 bits per heavy atom. The Morgan fingerprint density at radius 3 is 2.42 bits per heavy atom. The van der Waals surface area contributed by atoms with E-state index < -0.39 is 28.0 Å². The molecule has 0 aromatic heterocycles. The van der Waals surface area contributed by atoms with Crippen LogP contribution in [0.2, 0.25) is 0 Å². The molecule has 2 N–H and O–H groups in total. The highest BCUT2D eigenvalue weighted by molar-refractivity contribution is 7.89. The van der Waals surface area contributed by atoms with Crippen molar-refractivity contribution in [2.45, 2.75) is 24.8 Å². The summed E-state index contributed by atoms with van der Waals surface area (Å²) in [5, 5.41) is 2.66. The molecule has 26 heavy (non-hydrogen) atoms. The van der Waals surface area contributed by atoms with Crippen LogP contribution in [-0.2, 0) is 19.6 Å². The Balaban J connectivity index is 2.07. The third-order valence-corrected chi connectivity index (χ3v) is 5.00. The van der Waals surface area contributed by atoms with Crippen molar-refractivity contribution in [1.29, 1.82) is 0 Å². The van der Waals surface area contributed by atoms with E-state index >= 15 is 0 Å². The molecule has 7 nitrogen and oxygen atoms in total. The van der Waals surface area contributed by atoms with Gasteiger partial charge in [-0.15, -0.1) is 0 Å². The van der Waals surface area contributed by atoms with Gasteiger partial charge in [0.15, 0.2) is 6.10 Å². The predicted molar refractivity (Wildman–Crippen MR) is 97.4 cm³/mol. The standard InChI is InChI=1S/C18H20N2O5S/c1-12-6-4-8-15(10-12)20-17(21)13(2)25-18(22)14-7-5-9-16(11-14)26(23,24)19-3/h4-11,13,19H,1-3H3,(H,20,21)/t13-/m1/s1. The minimum absolute atomic E-state index is 0.0385. The highest BCUT2D eigenvalue weighted by Gasteiger charge is 2.20. The van der Waals surface area contributed by atoms with Gasteiger partial charge in [0.1, 0.15) is 0 Å². The molecule has 8 heteroatoms. The molecule has 138 valence electrons. The zero-order chi connectivity index (χ0) is 19.3. The summed E-state index contributed by atoms with van der Waals surface area (Å²) in [6.07, 6.45) is -1.05. The molecule has 0 aliphatic heterocycles. The van der Waals surface area contributed by atoms with Crippen LogP contribution in [0.5, 0.6) is 0 Å². The Hall–Kier alpha value is -2.71. The van der Waals surface area contributed by atoms with Gasteiger partial charge in [-0.2, -0.15) is 0 Å². The van der Waals surface area contributed by atoms with Crippen molar-refractivity contribution in [1.82, 2.24) is 4.72 Å². The molecule has 0 aliphatic carbocycles. The fourth-order valence-corrected chi connectivity index (χ4v) is 2.93. The molecule has 0 saturated heterocycles. The van der Waals surface area contributed by atoms with Crippen LogP contribution in [-0.4, -0.2) is 33.4 Å². The number of nitrogens with one attached hydrogen (secondary N) is 2. The van der Waals surface area contributed by atoms with E-state index in [0.29, 0.717) is 5.69 Å². The Morgan fingerprint density at radius 2 is 1.77 bits per heavy atom. The number of anilines is 1. The normalized spacial score (nSPS) is 12.3. The van der Waals surface area contributed by atoms with Crippen LogP contribution in [0.3, 0.4) is 0 Å². The molecule has 0 heterocycles. The summed E-state index contributed by atoms with van der Waals surface area (Å²) in [5.41, 5.74) is 1.62. The van der Waals surface area contributed by atoms with Crippen molar-refractivity contribution in [3.63, 3.8) is 0 Å². The summed E-state index contributed by atoms with van der Waals surface area (Å²) in [7, 11) is -2.41. The second-order valence-corrected chi connectivity index (χ2v) is 7.53. The maximum absolute atomic E-state index is 12.2. The van der Waals surface area contributed by atoms with Gasteiger partial charge in [0.25, 0.3) is 5.91 Å². The number of carbonyl (C=O) groups excluding carboxylic acids is 2. The maximum atomic E-state index is 12.2. The molecule has 1 amide bonds. The average molecular weight is 376 g/mol. The first-order chi connectivity index (χ1) is 12.2. The third kappa shape index (κ3) is 4.90. The number of hydrogen-bond acceptors (Lipinski definition) is 5. The number of amides is 1. The molecular weight excluding hydrogens is 356 g/mol. The first-order valence-corrected chi connectivity index (χ1v) is 9.33.